The van der Waals surface area contributed by atoms with Crippen LogP contribution < -0.4 is 5.56 Å². The largest absolute Gasteiger partial charge is 0.478 e. The van der Waals surface area contributed by atoms with Crippen molar-refractivity contribution in [3.05, 3.63) is 62.0 Å². The van der Waals surface area contributed by atoms with Crippen LogP contribution in [0.2, 0.25) is 5.02 Å². The molecule has 0 bridgehead atoms. The van der Waals surface area contributed by atoms with Crippen molar-refractivity contribution in [1.82, 2.24) is 4.57 Å². The molecule has 0 saturated heterocycles. The molecule has 0 fully saturated rings. The van der Waals surface area contributed by atoms with Crippen molar-refractivity contribution in [3.63, 3.8) is 0 Å². The Morgan fingerprint density at radius 3 is 2.35 bits per heavy atom. The Balaban J connectivity index is 2.84. The highest BCUT2D eigenvalue weighted by molar-refractivity contribution is 6.30. The molecule has 1 aromatic heterocycles. The van der Waals surface area contributed by atoms with Crippen molar-refractivity contribution in [2.75, 3.05) is 0 Å². The molecule has 4 nitrogen and oxygen atoms in total. The molecule has 0 atom stereocenters. The Bertz CT molecular complexity index is 762. The van der Waals surface area contributed by atoms with Crippen LogP contribution in [0.4, 0.5) is 0 Å². The summed E-state index contributed by atoms with van der Waals surface area (Å²) < 4.78 is 1.40. The molecule has 0 aliphatic heterocycles. The summed E-state index contributed by atoms with van der Waals surface area (Å²) in [6, 6.07) is 6.47. The van der Waals surface area contributed by atoms with Gasteiger partial charge in [-0.3, -0.25) is 9.36 Å². The lowest BCUT2D eigenvalue weighted by Crippen LogP contribution is -2.24. The number of carbonyl (C=O) groups is 1. The lowest BCUT2D eigenvalue weighted by molar-refractivity contribution is 0.0694. The van der Waals surface area contributed by atoms with Gasteiger partial charge < -0.3 is 5.11 Å². The highest BCUT2D eigenvalue weighted by Crippen LogP contribution is 2.21. The fraction of sp³-hybridized carbons (Fsp3) is 0.200. The van der Waals surface area contributed by atoms with Gasteiger partial charge in [0.15, 0.2) is 0 Å². The molecule has 2 rings (SSSR count). The summed E-state index contributed by atoms with van der Waals surface area (Å²) in [5, 5.41) is 9.86. The highest BCUT2D eigenvalue weighted by Gasteiger charge is 2.17. The number of pyridine rings is 1. The van der Waals surface area contributed by atoms with E-state index < -0.39 is 5.97 Å². The molecular weight excluding hydrogens is 278 g/mol. The third kappa shape index (κ3) is 2.34. The maximum Gasteiger partial charge on any atom is 0.337 e. The van der Waals surface area contributed by atoms with Crippen LogP contribution in [0.15, 0.2) is 29.1 Å². The fourth-order valence-electron chi connectivity index (χ4n) is 2.38. The van der Waals surface area contributed by atoms with Crippen LogP contribution in [0.1, 0.15) is 27.2 Å². The number of hydrogen-bond acceptors (Lipinski definition) is 2. The van der Waals surface area contributed by atoms with Crippen molar-refractivity contribution in [2.24, 2.45) is 0 Å². The van der Waals surface area contributed by atoms with Gasteiger partial charge >= 0.3 is 5.97 Å². The summed E-state index contributed by atoms with van der Waals surface area (Å²) in [5.74, 6) is -1.04. The van der Waals surface area contributed by atoms with Gasteiger partial charge in [0.2, 0.25) is 0 Å². The minimum Gasteiger partial charge on any atom is -0.478 e. The molecule has 1 heterocycles. The third-order valence-corrected chi connectivity index (χ3v) is 3.50. The highest BCUT2D eigenvalue weighted by atomic mass is 35.5. The number of hydrogen-bond donors (Lipinski definition) is 1. The standard InChI is InChI=1S/C15H14ClNO3/c1-8-6-11(16)4-5-12(8)17-10(3)14(15(19)20)9(2)7-13(17)18/h4-7H,1-3H3,(H,19,20). The van der Waals surface area contributed by atoms with Crippen molar-refractivity contribution in [3.8, 4) is 5.69 Å². The molecular formula is C15H14ClNO3. The van der Waals surface area contributed by atoms with E-state index in [1.807, 2.05) is 6.92 Å². The molecule has 0 radical (unpaired) electrons. The molecule has 0 unspecified atom stereocenters. The van der Waals surface area contributed by atoms with Gasteiger partial charge in [-0.1, -0.05) is 11.6 Å². The minimum atomic E-state index is -1.04. The first-order valence-corrected chi connectivity index (χ1v) is 6.44. The van der Waals surface area contributed by atoms with E-state index in [1.165, 1.54) is 10.6 Å². The summed E-state index contributed by atoms with van der Waals surface area (Å²) in [7, 11) is 0. The van der Waals surface area contributed by atoms with E-state index in [4.69, 9.17) is 11.6 Å². The van der Waals surface area contributed by atoms with Gasteiger partial charge in [0.1, 0.15) is 0 Å². The first-order chi connectivity index (χ1) is 9.32. The van der Waals surface area contributed by atoms with Gasteiger partial charge in [0, 0.05) is 16.8 Å². The molecule has 0 saturated carbocycles. The maximum absolute atomic E-state index is 12.2. The van der Waals surface area contributed by atoms with E-state index in [0.29, 0.717) is 22.0 Å². The molecule has 20 heavy (non-hydrogen) atoms. The van der Waals surface area contributed by atoms with Crippen LogP contribution in [-0.2, 0) is 0 Å². The fourth-order valence-corrected chi connectivity index (χ4v) is 2.60. The van der Waals surface area contributed by atoms with Gasteiger partial charge in [-0.15, -0.1) is 0 Å². The zero-order valence-corrected chi connectivity index (χ0v) is 12.2. The number of halogens is 1. The predicted octanol–water partition coefficient (Wildman–Crippen LogP) is 3.11. The van der Waals surface area contributed by atoms with Crippen molar-refractivity contribution in [2.45, 2.75) is 20.8 Å². The average molecular weight is 292 g/mol. The Morgan fingerprint density at radius 1 is 1.15 bits per heavy atom. The van der Waals surface area contributed by atoms with Crippen LogP contribution in [0.5, 0.6) is 0 Å². The molecule has 1 N–H and O–H groups in total. The smallest absolute Gasteiger partial charge is 0.337 e. The maximum atomic E-state index is 12.2. The Labute approximate surface area is 121 Å². The van der Waals surface area contributed by atoms with Crippen LogP contribution in [-0.4, -0.2) is 15.6 Å². The zero-order valence-electron chi connectivity index (χ0n) is 11.4. The Morgan fingerprint density at radius 2 is 1.80 bits per heavy atom. The Hall–Kier alpha value is -2.07. The number of benzene rings is 1. The number of nitrogens with zero attached hydrogens (tertiary/aromatic N) is 1. The first-order valence-electron chi connectivity index (χ1n) is 6.06. The molecule has 0 spiro atoms. The monoisotopic (exact) mass is 291 g/mol. The second-order valence-corrected chi connectivity index (χ2v) is 5.13. The quantitative estimate of drug-likeness (QED) is 0.925. The van der Waals surface area contributed by atoms with Crippen LogP contribution >= 0.6 is 11.6 Å². The number of rotatable bonds is 2. The molecule has 0 amide bonds. The lowest BCUT2D eigenvalue weighted by Gasteiger charge is -2.16. The van der Waals surface area contributed by atoms with Gasteiger partial charge in [-0.2, -0.15) is 0 Å². The molecule has 104 valence electrons. The van der Waals surface area contributed by atoms with E-state index in [-0.39, 0.29) is 11.1 Å². The summed E-state index contributed by atoms with van der Waals surface area (Å²) in [5.41, 5.74) is 2.22. The van der Waals surface area contributed by atoms with Crippen molar-refractivity contribution in [1.29, 1.82) is 0 Å². The molecule has 0 aliphatic rings. The van der Waals surface area contributed by atoms with Gasteiger partial charge in [0.25, 0.3) is 5.56 Å². The number of carboxylic acid groups (broad SMARTS) is 1. The van der Waals surface area contributed by atoms with E-state index in [1.54, 1.807) is 32.0 Å². The molecule has 0 aliphatic carbocycles. The van der Waals surface area contributed by atoms with Crippen molar-refractivity contribution < 1.29 is 9.90 Å². The summed E-state index contributed by atoms with van der Waals surface area (Å²) >= 11 is 5.91. The van der Waals surface area contributed by atoms with Gasteiger partial charge in [-0.25, -0.2) is 4.79 Å². The normalized spacial score (nSPS) is 10.6. The lowest BCUT2D eigenvalue weighted by atomic mass is 10.1. The van der Waals surface area contributed by atoms with E-state index in [9.17, 15) is 14.7 Å². The molecule has 5 heteroatoms. The predicted molar refractivity (Wildman–Crippen MR) is 78.2 cm³/mol. The second-order valence-electron chi connectivity index (χ2n) is 4.70. The minimum absolute atomic E-state index is 0.152. The topological polar surface area (TPSA) is 59.3 Å². The van der Waals surface area contributed by atoms with Crippen molar-refractivity contribution >= 4 is 17.6 Å². The van der Waals surface area contributed by atoms with E-state index >= 15 is 0 Å². The van der Waals surface area contributed by atoms with Gasteiger partial charge in [0.05, 0.1) is 11.3 Å². The number of aryl methyl sites for hydroxylation is 2. The SMILES string of the molecule is Cc1cc(Cl)ccc1-n1c(C)c(C(=O)O)c(C)cc1=O. The van der Waals surface area contributed by atoms with Crippen LogP contribution in [0.25, 0.3) is 5.69 Å². The zero-order chi connectivity index (χ0) is 15.0. The molecule has 2 aromatic rings. The first kappa shape index (κ1) is 14.3. The number of aromatic nitrogens is 1. The summed E-state index contributed by atoms with van der Waals surface area (Å²) in [6.45, 7) is 5.08. The molecule has 1 aromatic carbocycles. The Kier molecular flexibility index (Phi) is 3.68. The van der Waals surface area contributed by atoms with E-state index in [2.05, 4.69) is 0 Å². The van der Waals surface area contributed by atoms with Crippen LogP contribution in [0.3, 0.4) is 0 Å². The van der Waals surface area contributed by atoms with Gasteiger partial charge in [-0.05, 0) is 50.1 Å². The third-order valence-electron chi connectivity index (χ3n) is 3.27. The number of aromatic carboxylic acids is 1. The van der Waals surface area contributed by atoms with E-state index in [0.717, 1.165) is 5.56 Å². The summed E-state index contributed by atoms with van der Waals surface area (Å²) in [6.07, 6.45) is 0. The van der Waals surface area contributed by atoms with Crippen LogP contribution in [0, 0.1) is 20.8 Å². The average Bonchev–Trinajstić information content (AvgIpc) is 2.30. The second kappa shape index (κ2) is 5.13. The number of carboxylic acids is 1. The summed E-state index contributed by atoms with van der Waals surface area (Å²) in [4.78, 5) is 23.6.